The molecule has 0 spiro atoms. The number of alkyl halides is 1. The van der Waals surface area contributed by atoms with E-state index in [0.29, 0.717) is 10.4 Å². The zero-order valence-electron chi connectivity index (χ0n) is 9.67. The SMILES string of the molecule is O=S(=O)(NCC(Cl)C1CC1)c1c(Cl)cc(Br)cc1Cl. The van der Waals surface area contributed by atoms with Crippen LogP contribution in [0.25, 0.3) is 0 Å². The van der Waals surface area contributed by atoms with Crippen molar-refractivity contribution in [1.29, 1.82) is 0 Å². The molecule has 106 valence electrons. The zero-order valence-corrected chi connectivity index (χ0v) is 14.3. The summed E-state index contributed by atoms with van der Waals surface area (Å²) in [7, 11) is -3.76. The molecule has 0 saturated heterocycles. The molecular weight excluding hydrogens is 396 g/mol. The van der Waals surface area contributed by atoms with Crippen LogP contribution in [0.15, 0.2) is 21.5 Å². The Balaban J connectivity index is 2.19. The molecule has 0 aliphatic heterocycles. The Kier molecular flexibility index (Phi) is 5.07. The average Bonchev–Trinajstić information content (AvgIpc) is 3.07. The quantitative estimate of drug-likeness (QED) is 0.749. The Morgan fingerprint density at radius 2 is 1.84 bits per heavy atom. The second kappa shape index (κ2) is 6.08. The Bertz CT molecular complexity index is 567. The molecule has 0 aromatic heterocycles. The Hall–Kier alpha value is 0.480. The summed E-state index contributed by atoms with van der Waals surface area (Å²) in [6.45, 7) is 0.178. The predicted molar refractivity (Wildman–Crippen MR) is 81.7 cm³/mol. The van der Waals surface area contributed by atoms with Crippen LogP contribution in [0, 0.1) is 5.92 Å². The molecular formula is C11H11BrCl3NO2S. The van der Waals surface area contributed by atoms with Gasteiger partial charge in [-0.2, -0.15) is 0 Å². The Morgan fingerprint density at radius 1 is 1.32 bits per heavy atom. The van der Waals surface area contributed by atoms with Crippen molar-refractivity contribution >= 4 is 60.8 Å². The van der Waals surface area contributed by atoms with Crippen molar-refractivity contribution < 1.29 is 8.42 Å². The number of sulfonamides is 1. The highest BCUT2D eigenvalue weighted by molar-refractivity contribution is 9.10. The maximum absolute atomic E-state index is 12.2. The predicted octanol–water partition coefficient (Wildman–Crippen LogP) is 4.05. The lowest BCUT2D eigenvalue weighted by molar-refractivity contribution is 0.576. The van der Waals surface area contributed by atoms with E-state index in [2.05, 4.69) is 20.7 Å². The number of benzene rings is 1. The smallest absolute Gasteiger partial charge is 0.210 e. The van der Waals surface area contributed by atoms with Crippen molar-refractivity contribution in [2.75, 3.05) is 6.54 Å². The van der Waals surface area contributed by atoms with E-state index in [0.717, 1.165) is 12.8 Å². The van der Waals surface area contributed by atoms with Gasteiger partial charge >= 0.3 is 0 Å². The lowest BCUT2D eigenvalue weighted by Gasteiger charge is -2.13. The van der Waals surface area contributed by atoms with Crippen LogP contribution in [0.2, 0.25) is 10.0 Å². The van der Waals surface area contributed by atoms with Gasteiger partial charge in [0.15, 0.2) is 0 Å². The third-order valence-electron chi connectivity index (χ3n) is 2.83. The van der Waals surface area contributed by atoms with Crippen LogP contribution in [0.4, 0.5) is 0 Å². The summed E-state index contributed by atoms with van der Waals surface area (Å²) in [5.41, 5.74) is 0. The first-order valence-electron chi connectivity index (χ1n) is 5.59. The molecule has 1 atom stereocenters. The number of hydrogen-bond acceptors (Lipinski definition) is 2. The van der Waals surface area contributed by atoms with Crippen molar-refractivity contribution in [3.05, 3.63) is 26.7 Å². The second-order valence-electron chi connectivity index (χ2n) is 4.40. The molecule has 1 N–H and O–H groups in total. The minimum Gasteiger partial charge on any atom is -0.210 e. The topological polar surface area (TPSA) is 46.2 Å². The van der Waals surface area contributed by atoms with Crippen molar-refractivity contribution in [1.82, 2.24) is 4.72 Å². The largest absolute Gasteiger partial charge is 0.243 e. The summed E-state index contributed by atoms with van der Waals surface area (Å²) < 4.78 is 27.4. The van der Waals surface area contributed by atoms with Crippen LogP contribution in [0.1, 0.15) is 12.8 Å². The molecule has 19 heavy (non-hydrogen) atoms. The fraction of sp³-hybridized carbons (Fsp3) is 0.455. The average molecular weight is 408 g/mol. The van der Waals surface area contributed by atoms with Crippen LogP contribution in [-0.4, -0.2) is 20.3 Å². The van der Waals surface area contributed by atoms with Gasteiger partial charge in [0.2, 0.25) is 10.0 Å². The van der Waals surface area contributed by atoms with Crippen LogP contribution in [0.3, 0.4) is 0 Å². The van der Waals surface area contributed by atoms with Crippen molar-refractivity contribution in [2.45, 2.75) is 23.1 Å². The first kappa shape index (κ1) is 15.9. The van der Waals surface area contributed by atoms with Crippen LogP contribution < -0.4 is 4.72 Å². The maximum Gasteiger partial charge on any atom is 0.243 e. The number of nitrogens with one attached hydrogen (secondary N) is 1. The molecule has 1 unspecified atom stereocenters. The molecule has 0 heterocycles. The molecule has 1 aromatic carbocycles. The first-order valence-corrected chi connectivity index (χ1v) is 9.06. The highest BCUT2D eigenvalue weighted by atomic mass is 79.9. The summed E-state index contributed by atoms with van der Waals surface area (Å²) in [6, 6.07) is 2.97. The molecule has 0 amide bonds. The minimum absolute atomic E-state index is 0.0735. The Morgan fingerprint density at radius 3 is 2.32 bits per heavy atom. The van der Waals surface area contributed by atoms with Gasteiger partial charge in [-0.15, -0.1) is 11.6 Å². The number of rotatable bonds is 5. The van der Waals surface area contributed by atoms with Gasteiger partial charge in [0.1, 0.15) is 4.90 Å². The third-order valence-corrected chi connectivity index (χ3v) is 6.15. The zero-order chi connectivity index (χ0) is 14.2. The molecule has 8 heteroatoms. The van der Waals surface area contributed by atoms with E-state index in [-0.39, 0.29) is 26.9 Å². The van der Waals surface area contributed by atoms with Gasteiger partial charge < -0.3 is 0 Å². The molecule has 0 bridgehead atoms. The van der Waals surface area contributed by atoms with E-state index in [4.69, 9.17) is 34.8 Å². The van der Waals surface area contributed by atoms with Crippen LogP contribution in [0.5, 0.6) is 0 Å². The summed E-state index contributed by atoms with van der Waals surface area (Å²) in [6.07, 6.45) is 2.10. The van der Waals surface area contributed by atoms with Crippen LogP contribution in [-0.2, 0) is 10.0 Å². The van der Waals surface area contributed by atoms with Gasteiger partial charge in [0.25, 0.3) is 0 Å². The summed E-state index contributed by atoms with van der Waals surface area (Å²) in [4.78, 5) is -0.112. The summed E-state index contributed by atoms with van der Waals surface area (Å²) >= 11 is 21.2. The molecule has 1 saturated carbocycles. The van der Waals surface area contributed by atoms with E-state index in [9.17, 15) is 8.42 Å². The normalized spacial score (nSPS) is 17.5. The first-order chi connectivity index (χ1) is 8.81. The van der Waals surface area contributed by atoms with Gasteiger partial charge in [-0.1, -0.05) is 39.1 Å². The third kappa shape index (κ3) is 3.99. The molecule has 2 rings (SSSR count). The highest BCUT2D eigenvalue weighted by Gasteiger charge is 2.31. The standard InChI is InChI=1S/C11H11BrCl3NO2S/c12-7-3-8(13)11(9(14)4-7)19(17,18)16-5-10(15)6-1-2-6/h3-4,6,10,16H,1-2,5H2. The van der Waals surface area contributed by atoms with E-state index >= 15 is 0 Å². The molecule has 1 aliphatic rings. The Labute approximate surface area is 135 Å². The maximum atomic E-state index is 12.2. The highest BCUT2D eigenvalue weighted by Crippen LogP contribution is 2.36. The van der Waals surface area contributed by atoms with E-state index in [1.54, 1.807) is 0 Å². The van der Waals surface area contributed by atoms with Crippen molar-refractivity contribution in [3.63, 3.8) is 0 Å². The monoisotopic (exact) mass is 405 g/mol. The van der Waals surface area contributed by atoms with Crippen molar-refractivity contribution in [3.8, 4) is 0 Å². The fourth-order valence-electron chi connectivity index (χ4n) is 1.67. The number of halogens is 4. The molecule has 3 nitrogen and oxygen atoms in total. The molecule has 0 radical (unpaired) electrons. The van der Waals surface area contributed by atoms with Gasteiger partial charge in [-0.3, -0.25) is 0 Å². The summed E-state index contributed by atoms with van der Waals surface area (Å²) in [5, 5.41) is -0.0448. The minimum atomic E-state index is -3.76. The van der Waals surface area contributed by atoms with Crippen LogP contribution >= 0.6 is 50.7 Å². The van der Waals surface area contributed by atoms with Gasteiger partial charge in [-0.25, -0.2) is 13.1 Å². The number of hydrogen-bond donors (Lipinski definition) is 1. The van der Waals surface area contributed by atoms with Gasteiger partial charge in [-0.05, 0) is 30.9 Å². The second-order valence-corrected chi connectivity index (χ2v) is 8.40. The molecule has 1 fully saturated rings. The van der Waals surface area contributed by atoms with E-state index in [1.165, 1.54) is 12.1 Å². The summed E-state index contributed by atoms with van der Waals surface area (Å²) in [5.74, 6) is 0.403. The lowest BCUT2D eigenvalue weighted by atomic mass is 10.3. The van der Waals surface area contributed by atoms with Crippen molar-refractivity contribution in [2.24, 2.45) is 5.92 Å². The fourth-order valence-corrected chi connectivity index (χ4v) is 5.08. The lowest BCUT2D eigenvalue weighted by Crippen LogP contribution is -2.31. The van der Waals surface area contributed by atoms with E-state index < -0.39 is 10.0 Å². The van der Waals surface area contributed by atoms with Gasteiger partial charge in [0, 0.05) is 16.4 Å². The van der Waals surface area contributed by atoms with E-state index in [1.807, 2.05) is 0 Å². The van der Waals surface area contributed by atoms with Gasteiger partial charge in [0.05, 0.1) is 10.0 Å². The molecule has 1 aliphatic carbocycles. The molecule has 1 aromatic rings.